The molecule has 2 heterocycles. The standard InChI is InChI=1S/C15H20N2O3S/c16-14(17-18)12-3-1-2-4-13(12)20-11-5-7-19-15(9-11)6-8-21-10-15/h1-4,11,18H,5-10H2,(H2,16,17). The minimum Gasteiger partial charge on any atom is -0.489 e. The van der Waals surface area contributed by atoms with Crippen LogP contribution in [0.5, 0.6) is 5.75 Å². The molecular weight excluding hydrogens is 288 g/mol. The van der Waals surface area contributed by atoms with Gasteiger partial charge < -0.3 is 20.4 Å². The molecule has 5 nitrogen and oxygen atoms in total. The molecule has 0 saturated carbocycles. The summed E-state index contributed by atoms with van der Waals surface area (Å²) in [5, 5.41) is 11.9. The first kappa shape index (κ1) is 14.5. The van der Waals surface area contributed by atoms with Crippen molar-refractivity contribution in [2.45, 2.75) is 31.0 Å². The fourth-order valence-corrected chi connectivity index (χ4v) is 4.34. The Morgan fingerprint density at radius 2 is 2.33 bits per heavy atom. The van der Waals surface area contributed by atoms with E-state index in [0.29, 0.717) is 11.3 Å². The third-order valence-electron chi connectivity index (χ3n) is 4.08. The number of hydrogen-bond acceptors (Lipinski definition) is 5. The van der Waals surface area contributed by atoms with Gasteiger partial charge in [-0.2, -0.15) is 11.8 Å². The zero-order valence-electron chi connectivity index (χ0n) is 11.8. The number of nitrogens with two attached hydrogens (primary N) is 1. The molecule has 3 rings (SSSR count). The lowest BCUT2D eigenvalue weighted by molar-refractivity contribution is -0.0959. The molecule has 0 radical (unpaired) electrons. The van der Waals surface area contributed by atoms with Crippen molar-refractivity contribution in [1.29, 1.82) is 0 Å². The van der Waals surface area contributed by atoms with Crippen LogP contribution in [0, 0.1) is 0 Å². The number of amidine groups is 1. The molecule has 114 valence electrons. The van der Waals surface area contributed by atoms with E-state index in [1.807, 2.05) is 30.0 Å². The summed E-state index contributed by atoms with van der Waals surface area (Å²) < 4.78 is 12.1. The maximum absolute atomic E-state index is 8.87. The highest BCUT2D eigenvalue weighted by molar-refractivity contribution is 7.99. The first-order valence-electron chi connectivity index (χ1n) is 7.18. The smallest absolute Gasteiger partial charge is 0.173 e. The van der Waals surface area contributed by atoms with Gasteiger partial charge in [-0.1, -0.05) is 17.3 Å². The van der Waals surface area contributed by atoms with Crippen LogP contribution in [0.2, 0.25) is 0 Å². The van der Waals surface area contributed by atoms with Gasteiger partial charge in [0.15, 0.2) is 5.84 Å². The van der Waals surface area contributed by atoms with Crippen LogP contribution in [0.15, 0.2) is 29.4 Å². The summed E-state index contributed by atoms with van der Waals surface area (Å²) in [7, 11) is 0. The zero-order valence-corrected chi connectivity index (χ0v) is 12.6. The SMILES string of the molecule is N/C(=N/O)c1ccccc1OC1CCOC2(CCSC2)C1. The molecule has 2 fully saturated rings. The Balaban J connectivity index is 1.74. The third-order valence-corrected chi connectivity index (χ3v) is 5.30. The van der Waals surface area contributed by atoms with E-state index in [4.69, 9.17) is 20.4 Å². The van der Waals surface area contributed by atoms with E-state index in [0.717, 1.165) is 37.4 Å². The van der Waals surface area contributed by atoms with Gasteiger partial charge in [-0.25, -0.2) is 0 Å². The van der Waals surface area contributed by atoms with Gasteiger partial charge in [0.05, 0.1) is 17.8 Å². The summed E-state index contributed by atoms with van der Waals surface area (Å²) in [6.45, 7) is 0.733. The number of para-hydroxylation sites is 1. The molecule has 2 aliphatic heterocycles. The van der Waals surface area contributed by atoms with Crippen LogP contribution >= 0.6 is 11.8 Å². The maximum Gasteiger partial charge on any atom is 0.173 e. The number of thioether (sulfide) groups is 1. The minimum atomic E-state index is -0.0147. The summed E-state index contributed by atoms with van der Waals surface area (Å²) in [6.07, 6.45) is 2.99. The normalized spacial score (nSPS) is 29.7. The zero-order chi connectivity index (χ0) is 14.7. The van der Waals surface area contributed by atoms with E-state index in [1.54, 1.807) is 6.07 Å². The Morgan fingerprint density at radius 1 is 1.48 bits per heavy atom. The van der Waals surface area contributed by atoms with Crippen molar-refractivity contribution < 1.29 is 14.7 Å². The van der Waals surface area contributed by atoms with Gasteiger partial charge in [-0.05, 0) is 24.3 Å². The van der Waals surface area contributed by atoms with Crippen molar-refractivity contribution in [3.63, 3.8) is 0 Å². The van der Waals surface area contributed by atoms with Crippen LogP contribution in [0.25, 0.3) is 0 Å². The van der Waals surface area contributed by atoms with Crippen molar-refractivity contribution in [3.05, 3.63) is 29.8 Å². The fraction of sp³-hybridized carbons (Fsp3) is 0.533. The predicted octanol–water partition coefficient (Wildman–Crippen LogP) is 2.21. The summed E-state index contributed by atoms with van der Waals surface area (Å²) >= 11 is 1.95. The van der Waals surface area contributed by atoms with E-state index in [1.165, 1.54) is 0 Å². The number of ether oxygens (including phenoxy) is 2. The van der Waals surface area contributed by atoms with Crippen molar-refractivity contribution in [1.82, 2.24) is 0 Å². The molecule has 1 spiro atoms. The van der Waals surface area contributed by atoms with Crippen LogP contribution < -0.4 is 10.5 Å². The van der Waals surface area contributed by atoms with Crippen LogP contribution in [-0.4, -0.2) is 40.9 Å². The largest absolute Gasteiger partial charge is 0.489 e. The van der Waals surface area contributed by atoms with Crippen LogP contribution in [0.3, 0.4) is 0 Å². The van der Waals surface area contributed by atoms with Crippen molar-refractivity contribution in [3.8, 4) is 5.75 Å². The average Bonchev–Trinajstić information content (AvgIpc) is 2.95. The second-order valence-electron chi connectivity index (χ2n) is 5.55. The molecule has 2 unspecified atom stereocenters. The van der Waals surface area contributed by atoms with Crippen molar-refractivity contribution >= 4 is 17.6 Å². The first-order valence-corrected chi connectivity index (χ1v) is 8.33. The lowest BCUT2D eigenvalue weighted by Gasteiger charge is -2.37. The van der Waals surface area contributed by atoms with Gasteiger partial charge in [0.2, 0.25) is 0 Å². The van der Waals surface area contributed by atoms with E-state index in [-0.39, 0.29) is 17.5 Å². The topological polar surface area (TPSA) is 77.1 Å². The van der Waals surface area contributed by atoms with Crippen LogP contribution in [0.1, 0.15) is 24.8 Å². The quantitative estimate of drug-likeness (QED) is 0.387. The number of oxime groups is 1. The minimum absolute atomic E-state index is 0.0147. The highest BCUT2D eigenvalue weighted by atomic mass is 32.2. The summed E-state index contributed by atoms with van der Waals surface area (Å²) in [6, 6.07) is 7.40. The highest BCUT2D eigenvalue weighted by Crippen LogP contribution is 2.39. The Hall–Kier alpha value is -1.40. The molecule has 0 aromatic heterocycles. The van der Waals surface area contributed by atoms with Crippen molar-refractivity contribution in [2.24, 2.45) is 10.9 Å². The van der Waals surface area contributed by atoms with Crippen molar-refractivity contribution in [2.75, 3.05) is 18.1 Å². The number of rotatable bonds is 3. The summed E-state index contributed by atoms with van der Waals surface area (Å²) in [4.78, 5) is 0. The molecule has 0 amide bonds. The molecule has 2 saturated heterocycles. The second kappa shape index (κ2) is 6.15. The van der Waals surface area contributed by atoms with E-state index < -0.39 is 0 Å². The number of hydrogen-bond donors (Lipinski definition) is 2. The van der Waals surface area contributed by atoms with E-state index in [9.17, 15) is 0 Å². The summed E-state index contributed by atoms with van der Waals surface area (Å²) in [5.41, 5.74) is 6.32. The van der Waals surface area contributed by atoms with Crippen LogP contribution in [0.4, 0.5) is 0 Å². The molecule has 2 aliphatic rings. The van der Waals surface area contributed by atoms with Gasteiger partial charge in [-0.15, -0.1) is 0 Å². The number of nitrogens with zero attached hydrogens (tertiary/aromatic N) is 1. The Bertz CT molecular complexity index is 529. The lowest BCUT2D eigenvalue weighted by Crippen LogP contribution is -2.44. The van der Waals surface area contributed by atoms with E-state index in [2.05, 4.69) is 5.16 Å². The Morgan fingerprint density at radius 3 is 3.10 bits per heavy atom. The predicted molar refractivity (Wildman–Crippen MR) is 83.2 cm³/mol. The first-order chi connectivity index (χ1) is 10.2. The molecule has 6 heteroatoms. The molecule has 3 N–H and O–H groups in total. The monoisotopic (exact) mass is 308 g/mol. The molecular formula is C15H20N2O3S. The highest BCUT2D eigenvalue weighted by Gasteiger charge is 2.41. The molecule has 2 atom stereocenters. The maximum atomic E-state index is 8.87. The Kier molecular flexibility index (Phi) is 4.26. The van der Waals surface area contributed by atoms with Crippen LogP contribution in [-0.2, 0) is 4.74 Å². The molecule has 0 bridgehead atoms. The van der Waals surface area contributed by atoms with Gasteiger partial charge in [0, 0.05) is 18.6 Å². The number of benzene rings is 1. The van der Waals surface area contributed by atoms with E-state index >= 15 is 0 Å². The molecule has 0 aliphatic carbocycles. The lowest BCUT2D eigenvalue weighted by atomic mass is 9.91. The molecule has 1 aromatic carbocycles. The Labute approximate surface area is 128 Å². The van der Waals surface area contributed by atoms with Gasteiger partial charge >= 0.3 is 0 Å². The summed E-state index contributed by atoms with van der Waals surface area (Å²) in [5.74, 6) is 2.95. The van der Waals surface area contributed by atoms with Gasteiger partial charge in [0.1, 0.15) is 11.9 Å². The van der Waals surface area contributed by atoms with Gasteiger partial charge in [-0.3, -0.25) is 0 Å². The molecule has 21 heavy (non-hydrogen) atoms. The fourth-order valence-electron chi connectivity index (χ4n) is 2.96. The second-order valence-corrected chi connectivity index (χ2v) is 6.65. The van der Waals surface area contributed by atoms with Gasteiger partial charge in [0.25, 0.3) is 0 Å². The third kappa shape index (κ3) is 3.11. The average molecular weight is 308 g/mol. The molecule has 1 aromatic rings.